The van der Waals surface area contributed by atoms with Gasteiger partial charge < -0.3 is 10.6 Å². The molecule has 1 amide bonds. The molecule has 3 heteroatoms. The van der Waals surface area contributed by atoms with E-state index in [1.807, 2.05) is 18.7 Å². The molecule has 0 aromatic heterocycles. The molecule has 1 aliphatic heterocycles. The number of carbonyl (C=O) groups excluding carboxylic acids is 1. The van der Waals surface area contributed by atoms with E-state index in [1.54, 1.807) is 0 Å². The average molecular weight is 156 g/mol. The van der Waals surface area contributed by atoms with Gasteiger partial charge in [0, 0.05) is 25.0 Å². The van der Waals surface area contributed by atoms with Crippen molar-refractivity contribution in [2.75, 3.05) is 13.1 Å². The molecule has 0 atom stereocenters. The van der Waals surface area contributed by atoms with Crippen molar-refractivity contribution in [1.82, 2.24) is 4.90 Å². The minimum absolute atomic E-state index is 0.122. The summed E-state index contributed by atoms with van der Waals surface area (Å²) in [6, 6.07) is 0. The smallest absolute Gasteiger partial charge is 0.222 e. The van der Waals surface area contributed by atoms with Gasteiger partial charge in [0.25, 0.3) is 0 Å². The van der Waals surface area contributed by atoms with Crippen LogP contribution in [0.4, 0.5) is 0 Å². The van der Waals surface area contributed by atoms with Crippen molar-refractivity contribution in [3.63, 3.8) is 0 Å². The Labute approximate surface area is 67.5 Å². The first kappa shape index (κ1) is 8.53. The normalized spacial score (nSPS) is 21.2. The number of hydrogen-bond acceptors (Lipinski definition) is 2. The van der Waals surface area contributed by atoms with Crippen LogP contribution in [-0.2, 0) is 4.79 Å². The van der Waals surface area contributed by atoms with Crippen molar-refractivity contribution in [1.29, 1.82) is 0 Å². The topological polar surface area (TPSA) is 46.3 Å². The zero-order chi connectivity index (χ0) is 8.48. The van der Waals surface area contributed by atoms with E-state index in [-0.39, 0.29) is 11.4 Å². The zero-order valence-corrected chi connectivity index (χ0v) is 7.26. The van der Waals surface area contributed by atoms with Gasteiger partial charge in [-0.15, -0.1) is 0 Å². The molecule has 3 nitrogen and oxygen atoms in total. The molecule has 2 N–H and O–H groups in total. The third-order valence-corrected chi connectivity index (χ3v) is 1.92. The summed E-state index contributed by atoms with van der Waals surface area (Å²) in [6.45, 7) is 5.44. The molecule has 1 rings (SSSR count). The molecule has 0 unspecified atom stereocenters. The van der Waals surface area contributed by atoms with Crippen molar-refractivity contribution in [3.05, 3.63) is 0 Å². The second-order valence-electron chi connectivity index (χ2n) is 3.65. The van der Waals surface area contributed by atoms with Crippen LogP contribution in [0.3, 0.4) is 0 Å². The quantitative estimate of drug-likeness (QED) is 0.627. The van der Waals surface area contributed by atoms with Crippen LogP contribution < -0.4 is 5.73 Å². The van der Waals surface area contributed by atoms with Crippen molar-refractivity contribution in [2.24, 2.45) is 5.73 Å². The molecular weight excluding hydrogens is 140 g/mol. The predicted molar refractivity (Wildman–Crippen MR) is 44.1 cm³/mol. The minimum atomic E-state index is -0.122. The Balaban J connectivity index is 2.27. The second-order valence-corrected chi connectivity index (χ2v) is 3.65. The van der Waals surface area contributed by atoms with E-state index < -0.39 is 0 Å². The number of likely N-dealkylation sites (tertiary alicyclic amines) is 1. The number of rotatable bonds is 2. The van der Waals surface area contributed by atoms with Gasteiger partial charge in [0.1, 0.15) is 0 Å². The third-order valence-electron chi connectivity index (χ3n) is 1.92. The van der Waals surface area contributed by atoms with Gasteiger partial charge in [-0.25, -0.2) is 0 Å². The molecule has 0 saturated carbocycles. The highest BCUT2D eigenvalue weighted by Crippen LogP contribution is 2.17. The standard InChI is InChI=1S/C8H16N2O/c1-3-4-7(11)10-5-8(2,9)6-10/h3-6,9H2,1-2H3. The summed E-state index contributed by atoms with van der Waals surface area (Å²) in [5.74, 6) is 0.246. The SMILES string of the molecule is CCCC(=O)N1CC(C)(N)C1. The molecule has 0 bridgehead atoms. The highest BCUT2D eigenvalue weighted by molar-refractivity contribution is 5.77. The first-order valence-electron chi connectivity index (χ1n) is 4.12. The van der Waals surface area contributed by atoms with Crippen LogP contribution in [0.5, 0.6) is 0 Å². The van der Waals surface area contributed by atoms with Gasteiger partial charge in [-0.05, 0) is 13.3 Å². The number of carbonyl (C=O) groups is 1. The number of amides is 1. The third kappa shape index (κ3) is 1.93. The van der Waals surface area contributed by atoms with Crippen LogP contribution in [0.15, 0.2) is 0 Å². The maximum absolute atomic E-state index is 11.2. The van der Waals surface area contributed by atoms with E-state index >= 15 is 0 Å². The molecule has 1 fully saturated rings. The molecule has 0 aromatic rings. The Kier molecular flexibility index (Phi) is 2.18. The first-order chi connectivity index (χ1) is 5.05. The summed E-state index contributed by atoms with van der Waals surface area (Å²) in [5, 5.41) is 0. The van der Waals surface area contributed by atoms with E-state index in [1.165, 1.54) is 0 Å². The van der Waals surface area contributed by atoms with Crippen molar-refractivity contribution < 1.29 is 4.79 Å². The predicted octanol–water partition coefficient (Wildman–Crippen LogP) is 0.346. The fourth-order valence-electron chi connectivity index (χ4n) is 1.37. The average Bonchev–Trinajstić information content (AvgIpc) is 1.83. The van der Waals surface area contributed by atoms with Gasteiger partial charge in [-0.2, -0.15) is 0 Å². The fourth-order valence-corrected chi connectivity index (χ4v) is 1.37. The molecule has 1 aliphatic rings. The molecule has 1 heterocycles. The van der Waals surface area contributed by atoms with Crippen LogP contribution in [-0.4, -0.2) is 29.4 Å². The van der Waals surface area contributed by atoms with Crippen LogP contribution >= 0.6 is 0 Å². The molecule has 11 heavy (non-hydrogen) atoms. The van der Waals surface area contributed by atoms with Crippen LogP contribution in [0.2, 0.25) is 0 Å². The minimum Gasteiger partial charge on any atom is -0.339 e. The zero-order valence-electron chi connectivity index (χ0n) is 7.26. The lowest BCUT2D eigenvalue weighted by Crippen LogP contribution is -2.66. The van der Waals surface area contributed by atoms with Crippen LogP contribution in [0, 0.1) is 0 Å². The van der Waals surface area contributed by atoms with Crippen LogP contribution in [0.1, 0.15) is 26.7 Å². The maximum atomic E-state index is 11.2. The first-order valence-corrected chi connectivity index (χ1v) is 4.12. The van der Waals surface area contributed by atoms with Crippen molar-refractivity contribution in [3.8, 4) is 0 Å². The van der Waals surface area contributed by atoms with Crippen LogP contribution in [0.25, 0.3) is 0 Å². The number of hydrogen-bond donors (Lipinski definition) is 1. The van der Waals surface area contributed by atoms with Crippen molar-refractivity contribution in [2.45, 2.75) is 32.2 Å². The highest BCUT2D eigenvalue weighted by atomic mass is 16.2. The second kappa shape index (κ2) is 2.81. The van der Waals surface area contributed by atoms with Gasteiger partial charge in [0.05, 0.1) is 0 Å². The molecule has 0 aromatic carbocycles. The fraction of sp³-hybridized carbons (Fsp3) is 0.875. The Bertz CT molecular complexity index is 157. The summed E-state index contributed by atoms with van der Waals surface area (Å²) in [7, 11) is 0. The molecule has 0 aliphatic carbocycles. The summed E-state index contributed by atoms with van der Waals surface area (Å²) >= 11 is 0. The number of nitrogens with two attached hydrogens (primary N) is 1. The summed E-state index contributed by atoms with van der Waals surface area (Å²) in [6.07, 6.45) is 1.59. The van der Waals surface area contributed by atoms with Gasteiger partial charge in [-0.3, -0.25) is 4.79 Å². The van der Waals surface area contributed by atoms with Gasteiger partial charge in [0.15, 0.2) is 0 Å². The summed E-state index contributed by atoms with van der Waals surface area (Å²) < 4.78 is 0. The van der Waals surface area contributed by atoms with Gasteiger partial charge in [-0.1, -0.05) is 6.92 Å². The van der Waals surface area contributed by atoms with Gasteiger partial charge in [0.2, 0.25) is 5.91 Å². The lowest BCUT2D eigenvalue weighted by atomic mass is 9.93. The highest BCUT2D eigenvalue weighted by Gasteiger charge is 2.36. The Morgan fingerprint density at radius 1 is 1.64 bits per heavy atom. The Morgan fingerprint density at radius 3 is 2.55 bits per heavy atom. The monoisotopic (exact) mass is 156 g/mol. The Morgan fingerprint density at radius 2 is 2.18 bits per heavy atom. The van der Waals surface area contributed by atoms with E-state index in [0.29, 0.717) is 6.42 Å². The summed E-state index contributed by atoms with van der Waals surface area (Å²) in [5.41, 5.74) is 5.63. The summed E-state index contributed by atoms with van der Waals surface area (Å²) in [4.78, 5) is 13.0. The van der Waals surface area contributed by atoms with E-state index in [0.717, 1.165) is 19.5 Å². The molecule has 0 spiro atoms. The van der Waals surface area contributed by atoms with Crippen molar-refractivity contribution >= 4 is 5.91 Å². The molecular formula is C8H16N2O. The molecule has 0 radical (unpaired) electrons. The van der Waals surface area contributed by atoms with Gasteiger partial charge >= 0.3 is 0 Å². The molecule has 1 saturated heterocycles. The van der Waals surface area contributed by atoms with E-state index in [2.05, 4.69) is 0 Å². The maximum Gasteiger partial charge on any atom is 0.222 e. The Hall–Kier alpha value is -0.570. The lowest BCUT2D eigenvalue weighted by Gasteiger charge is -2.45. The lowest BCUT2D eigenvalue weighted by molar-refractivity contribution is -0.138. The largest absolute Gasteiger partial charge is 0.339 e. The molecule has 64 valence electrons. The number of nitrogens with zero attached hydrogens (tertiary/aromatic N) is 1. The van der Waals surface area contributed by atoms with E-state index in [4.69, 9.17) is 5.73 Å². The van der Waals surface area contributed by atoms with E-state index in [9.17, 15) is 4.79 Å².